The highest BCUT2D eigenvalue weighted by Gasteiger charge is 2.30. The van der Waals surface area contributed by atoms with Crippen molar-refractivity contribution in [1.29, 1.82) is 0 Å². The number of hydrogen-bond acceptors (Lipinski definition) is 4. The Hall–Kier alpha value is -0.630. The molecule has 0 atom stereocenters. The summed E-state index contributed by atoms with van der Waals surface area (Å²) >= 11 is 5.80. The number of anilines is 1. The quantitative estimate of drug-likeness (QED) is 0.725. The van der Waals surface area contributed by atoms with E-state index in [1.807, 2.05) is 6.07 Å². The minimum Gasteiger partial charge on any atom is -0.460 e. The van der Waals surface area contributed by atoms with Gasteiger partial charge in [-0.2, -0.15) is 0 Å². The van der Waals surface area contributed by atoms with Crippen LogP contribution in [0.4, 0.5) is 5.82 Å². The maximum absolute atomic E-state index is 5.48. The second-order valence-electron chi connectivity index (χ2n) is 4.50. The lowest BCUT2D eigenvalue weighted by atomic mass is 10.2. The van der Waals surface area contributed by atoms with Crippen LogP contribution in [0.25, 0.3) is 11.6 Å². The van der Waals surface area contributed by atoms with Crippen LogP contribution in [0, 0.1) is 3.57 Å². The Balaban J connectivity index is 2.12. The van der Waals surface area contributed by atoms with Crippen molar-refractivity contribution in [3.63, 3.8) is 0 Å². The van der Waals surface area contributed by atoms with Crippen LogP contribution >= 0.6 is 38.5 Å². The van der Waals surface area contributed by atoms with E-state index in [1.165, 1.54) is 12.8 Å². The van der Waals surface area contributed by atoms with Crippen LogP contribution in [-0.4, -0.2) is 16.5 Å². The number of aromatic nitrogens is 2. The largest absolute Gasteiger partial charge is 0.460 e. The zero-order chi connectivity index (χ0) is 13.4. The van der Waals surface area contributed by atoms with E-state index in [0.717, 1.165) is 26.1 Å². The molecule has 0 radical (unpaired) electrons. The highest BCUT2D eigenvalue weighted by atomic mass is 127. The summed E-state index contributed by atoms with van der Waals surface area (Å²) in [6.45, 7) is 2.91. The zero-order valence-corrected chi connectivity index (χ0v) is 14.2. The summed E-state index contributed by atoms with van der Waals surface area (Å²) in [6.07, 6.45) is 4.08. The predicted molar refractivity (Wildman–Crippen MR) is 86.3 cm³/mol. The molecule has 2 aromatic rings. The average molecular weight is 434 g/mol. The summed E-state index contributed by atoms with van der Waals surface area (Å²) in [5.74, 6) is 2.82. The van der Waals surface area contributed by atoms with Crippen LogP contribution in [0.2, 0.25) is 0 Å². The van der Waals surface area contributed by atoms with Crippen molar-refractivity contribution >= 4 is 44.3 Å². The maximum atomic E-state index is 5.48. The summed E-state index contributed by atoms with van der Waals surface area (Å²) in [4.78, 5) is 9.28. The molecule has 19 heavy (non-hydrogen) atoms. The molecular weight excluding hydrogens is 421 g/mol. The molecule has 0 spiro atoms. The van der Waals surface area contributed by atoms with Gasteiger partial charge in [0, 0.05) is 12.5 Å². The third-order valence-electron chi connectivity index (χ3n) is 3.01. The lowest BCUT2D eigenvalue weighted by Gasteiger charge is -2.11. The fourth-order valence-electron chi connectivity index (χ4n) is 1.93. The van der Waals surface area contributed by atoms with Gasteiger partial charge in [0.05, 0.1) is 20.0 Å². The third-order valence-corrected chi connectivity index (χ3v) is 4.69. The van der Waals surface area contributed by atoms with Gasteiger partial charge >= 0.3 is 0 Å². The van der Waals surface area contributed by atoms with E-state index >= 15 is 0 Å². The van der Waals surface area contributed by atoms with Crippen molar-refractivity contribution in [2.45, 2.75) is 25.7 Å². The Morgan fingerprint density at radius 3 is 2.84 bits per heavy atom. The first kappa shape index (κ1) is 13.4. The van der Waals surface area contributed by atoms with Crippen molar-refractivity contribution in [3.8, 4) is 11.6 Å². The van der Waals surface area contributed by atoms with Gasteiger partial charge < -0.3 is 9.73 Å². The predicted octanol–water partition coefficient (Wildman–Crippen LogP) is 4.41. The van der Waals surface area contributed by atoms with Crippen LogP contribution in [0.15, 0.2) is 21.2 Å². The Kier molecular flexibility index (Phi) is 3.79. The molecule has 4 nitrogen and oxygen atoms in total. The summed E-state index contributed by atoms with van der Waals surface area (Å²) in [5, 5.41) is 3.31. The molecule has 1 fully saturated rings. The SMILES string of the molecule is CCNc1nc(-c2occc2Br)nc(C2CC2)c1I. The Morgan fingerprint density at radius 2 is 2.26 bits per heavy atom. The smallest absolute Gasteiger partial charge is 0.199 e. The molecule has 0 aliphatic heterocycles. The van der Waals surface area contributed by atoms with Gasteiger partial charge in [-0.05, 0) is 64.4 Å². The Labute approximate surface area is 133 Å². The van der Waals surface area contributed by atoms with E-state index in [4.69, 9.17) is 9.40 Å². The molecule has 1 N–H and O–H groups in total. The second-order valence-corrected chi connectivity index (χ2v) is 6.43. The van der Waals surface area contributed by atoms with Crippen LogP contribution in [0.5, 0.6) is 0 Å². The molecule has 100 valence electrons. The van der Waals surface area contributed by atoms with Gasteiger partial charge in [-0.15, -0.1) is 0 Å². The molecule has 3 rings (SSSR count). The van der Waals surface area contributed by atoms with Crippen molar-refractivity contribution in [1.82, 2.24) is 9.97 Å². The summed E-state index contributed by atoms with van der Waals surface area (Å²) in [7, 11) is 0. The number of rotatable bonds is 4. The van der Waals surface area contributed by atoms with Gasteiger partial charge in [0.15, 0.2) is 11.6 Å². The molecule has 1 aliphatic rings. The summed E-state index contributed by atoms with van der Waals surface area (Å²) in [5.41, 5.74) is 1.14. The van der Waals surface area contributed by atoms with E-state index in [0.29, 0.717) is 17.5 Å². The van der Waals surface area contributed by atoms with Gasteiger partial charge in [-0.1, -0.05) is 0 Å². The summed E-state index contributed by atoms with van der Waals surface area (Å²) in [6, 6.07) is 1.86. The molecule has 0 aromatic carbocycles. The van der Waals surface area contributed by atoms with Gasteiger partial charge in [-0.25, -0.2) is 9.97 Å². The number of nitrogens with one attached hydrogen (secondary N) is 1. The van der Waals surface area contributed by atoms with Crippen molar-refractivity contribution in [3.05, 3.63) is 26.1 Å². The first-order valence-corrected chi connectivity index (χ1v) is 8.12. The van der Waals surface area contributed by atoms with E-state index < -0.39 is 0 Å². The minimum absolute atomic E-state index is 0.583. The van der Waals surface area contributed by atoms with E-state index in [2.05, 4.69) is 55.7 Å². The number of hydrogen-bond donors (Lipinski definition) is 1. The Morgan fingerprint density at radius 1 is 1.47 bits per heavy atom. The monoisotopic (exact) mass is 433 g/mol. The molecule has 2 aromatic heterocycles. The van der Waals surface area contributed by atoms with Crippen molar-refractivity contribution < 1.29 is 4.42 Å². The first-order valence-electron chi connectivity index (χ1n) is 6.25. The first-order chi connectivity index (χ1) is 9.20. The number of furan rings is 1. The fraction of sp³-hybridized carbons (Fsp3) is 0.385. The van der Waals surface area contributed by atoms with E-state index in [1.54, 1.807) is 6.26 Å². The van der Waals surface area contributed by atoms with E-state index in [-0.39, 0.29) is 0 Å². The molecule has 2 heterocycles. The molecule has 0 amide bonds. The minimum atomic E-state index is 0.583. The van der Waals surface area contributed by atoms with Gasteiger partial charge in [0.2, 0.25) is 0 Å². The zero-order valence-electron chi connectivity index (χ0n) is 10.4. The molecule has 6 heteroatoms. The standard InChI is InChI=1S/C13H13BrIN3O/c1-2-16-12-9(15)10(7-3-4-7)17-13(18-12)11-8(14)5-6-19-11/h5-7H,2-4H2,1H3,(H,16,17,18). The normalized spacial score (nSPS) is 14.7. The number of nitrogens with zero attached hydrogens (tertiary/aromatic N) is 2. The lowest BCUT2D eigenvalue weighted by molar-refractivity contribution is 0.575. The van der Waals surface area contributed by atoms with Gasteiger partial charge in [0.25, 0.3) is 0 Å². The molecular formula is C13H13BrIN3O. The fourth-order valence-corrected chi connectivity index (χ4v) is 3.18. The summed E-state index contributed by atoms with van der Waals surface area (Å²) < 4.78 is 7.50. The second kappa shape index (κ2) is 5.40. The molecule has 0 unspecified atom stereocenters. The highest BCUT2D eigenvalue weighted by Crippen LogP contribution is 2.43. The number of halogens is 2. The van der Waals surface area contributed by atoms with Crippen LogP contribution in [0.1, 0.15) is 31.4 Å². The molecule has 1 saturated carbocycles. The van der Waals surface area contributed by atoms with Crippen molar-refractivity contribution in [2.24, 2.45) is 0 Å². The van der Waals surface area contributed by atoms with Crippen LogP contribution < -0.4 is 5.32 Å². The maximum Gasteiger partial charge on any atom is 0.199 e. The Bertz CT molecular complexity index is 610. The van der Waals surface area contributed by atoms with Gasteiger partial charge in [0.1, 0.15) is 5.82 Å². The molecule has 0 saturated heterocycles. The van der Waals surface area contributed by atoms with Gasteiger partial charge in [-0.3, -0.25) is 0 Å². The van der Waals surface area contributed by atoms with Crippen LogP contribution in [-0.2, 0) is 0 Å². The van der Waals surface area contributed by atoms with Crippen LogP contribution in [0.3, 0.4) is 0 Å². The topological polar surface area (TPSA) is 51.0 Å². The third kappa shape index (κ3) is 2.65. The lowest BCUT2D eigenvalue weighted by Crippen LogP contribution is -2.07. The molecule has 1 aliphatic carbocycles. The molecule has 0 bridgehead atoms. The highest BCUT2D eigenvalue weighted by molar-refractivity contribution is 14.1. The van der Waals surface area contributed by atoms with Crippen molar-refractivity contribution in [2.75, 3.05) is 11.9 Å². The van der Waals surface area contributed by atoms with E-state index in [9.17, 15) is 0 Å². The average Bonchev–Trinajstić information content (AvgIpc) is 3.14.